The van der Waals surface area contributed by atoms with E-state index in [9.17, 15) is 0 Å². The van der Waals surface area contributed by atoms with Crippen LogP contribution in [-0.2, 0) is 4.74 Å². The molecule has 0 aromatic rings. The Bertz CT molecular complexity index is 324. The van der Waals surface area contributed by atoms with Crippen molar-refractivity contribution in [3.63, 3.8) is 0 Å². The van der Waals surface area contributed by atoms with Crippen LogP contribution in [-0.4, -0.2) is 13.2 Å². The Kier molecular flexibility index (Phi) is 2.92. The molecule has 0 fully saturated rings. The first-order valence-electron chi connectivity index (χ1n) is 5.47. The third-order valence-electron chi connectivity index (χ3n) is 3.39. The molecule has 0 heterocycles. The average molecular weight is 202 g/mol. The molecule has 2 rings (SSSR count). The van der Waals surface area contributed by atoms with Gasteiger partial charge in [-0.1, -0.05) is 47.6 Å². The smallest absolute Gasteiger partial charge is 0.0771 e. The molecule has 0 saturated carbocycles. The predicted octanol–water partition coefficient (Wildman–Crippen LogP) is 3.27. The van der Waals surface area contributed by atoms with Crippen LogP contribution in [0, 0.1) is 11.8 Å². The van der Waals surface area contributed by atoms with Gasteiger partial charge in [-0.05, 0) is 13.8 Å². The molecule has 0 bridgehead atoms. The highest BCUT2D eigenvalue weighted by atomic mass is 16.5. The standard InChI is InChI=1S/C14H18O/c1-10-6-4-8-12(10)14(15-3)13-9-5-7-11(13)2/h4-9,12-14H,1-3H3. The minimum atomic E-state index is 0.245. The van der Waals surface area contributed by atoms with Crippen LogP contribution in [0.1, 0.15) is 13.8 Å². The number of ether oxygens (including phenoxy) is 1. The van der Waals surface area contributed by atoms with Gasteiger partial charge >= 0.3 is 0 Å². The zero-order valence-corrected chi connectivity index (χ0v) is 9.60. The van der Waals surface area contributed by atoms with E-state index >= 15 is 0 Å². The molecule has 0 amide bonds. The van der Waals surface area contributed by atoms with E-state index in [0.29, 0.717) is 11.8 Å². The van der Waals surface area contributed by atoms with Crippen LogP contribution in [0.5, 0.6) is 0 Å². The maximum Gasteiger partial charge on any atom is 0.0771 e. The van der Waals surface area contributed by atoms with Crippen molar-refractivity contribution in [2.24, 2.45) is 11.8 Å². The summed E-state index contributed by atoms with van der Waals surface area (Å²) in [7, 11) is 1.81. The lowest BCUT2D eigenvalue weighted by Crippen LogP contribution is -2.29. The summed E-state index contributed by atoms with van der Waals surface area (Å²) >= 11 is 0. The number of rotatable bonds is 3. The van der Waals surface area contributed by atoms with Crippen molar-refractivity contribution >= 4 is 0 Å². The van der Waals surface area contributed by atoms with E-state index in [1.165, 1.54) is 11.1 Å². The molecule has 15 heavy (non-hydrogen) atoms. The highest BCUT2D eigenvalue weighted by Gasteiger charge is 2.30. The van der Waals surface area contributed by atoms with E-state index in [0.717, 1.165) is 0 Å². The monoisotopic (exact) mass is 202 g/mol. The van der Waals surface area contributed by atoms with Gasteiger partial charge in [-0.3, -0.25) is 0 Å². The zero-order chi connectivity index (χ0) is 10.8. The fourth-order valence-electron chi connectivity index (χ4n) is 2.43. The fraction of sp³-hybridized carbons (Fsp3) is 0.429. The van der Waals surface area contributed by atoms with E-state index in [1.54, 1.807) is 0 Å². The van der Waals surface area contributed by atoms with Gasteiger partial charge < -0.3 is 4.74 Å². The maximum absolute atomic E-state index is 5.67. The van der Waals surface area contributed by atoms with Crippen molar-refractivity contribution in [2.45, 2.75) is 20.0 Å². The van der Waals surface area contributed by atoms with Gasteiger partial charge in [-0.25, -0.2) is 0 Å². The van der Waals surface area contributed by atoms with E-state index in [2.05, 4.69) is 50.3 Å². The number of methoxy groups -OCH3 is 1. The lowest BCUT2D eigenvalue weighted by atomic mass is 9.85. The van der Waals surface area contributed by atoms with E-state index in [4.69, 9.17) is 4.74 Å². The first-order chi connectivity index (χ1) is 7.24. The lowest BCUT2D eigenvalue weighted by molar-refractivity contribution is 0.0579. The van der Waals surface area contributed by atoms with E-state index < -0.39 is 0 Å². The number of hydrogen-bond donors (Lipinski definition) is 0. The summed E-state index contributed by atoms with van der Waals surface area (Å²) in [5.41, 5.74) is 2.80. The maximum atomic E-state index is 5.67. The summed E-state index contributed by atoms with van der Waals surface area (Å²) in [4.78, 5) is 0. The van der Waals surface area contributed by atoms with Gasteiger partial charge in [0, 0.05) is 18.9 Å². The van der Waals surface area contributed by atoms with Gasteiger partial charge in [-0.2, -0.15) is 0 Å². The van der Waals surface area contributed by atoms with Crippen LogP contribution < -0.4 is 0 Å². The van der Waals surface area contributed by atoms with Crippen LogP contribution >= 0.6 is 0 Å². The van der Waals surface area contributed by atoms with Gasteiger partial charge in [0.15, 0.2) is 0 Å². The second-order valence-corrected chi connectivity index (χ2v) is 4.34. The molecular formula is C14H18O. The molecule has 80 valence electrons. The molecule has 0 aromatic carbocycles. The second-order valence-electron chi connectivity index (χ2n) is 4.34. The van der Waals surface area contributed by atoms with Crippen LogP contribution in [0.2, 0.25) is 0 Å². The molecule has 2 aliphatic rings. The third-order valence-corrected chi connectivity index (χ3v) is 3.39. The molecule has 2 atom stereocenters. The van der Waals surface area contributed by atoms with Gasteiger partial charge in [0.2, 0.25) is 0 Å². The molecule has 0 aromatic heterocycles. The number of hydrogen-bond acceptors (Lipinski definition) is 1. The predicted molar refractivity (Wildman–Crippen MR) is 63.6 cm³/mol. The lowest BCUT2D eigenvalue weighted by Gasteiger charge is -2.28. The third kappa shape index (κ3) is 1.84. The molecule has 0 radical (unpaired) electrons. The Morgan fingerprint density at radius 1 is 1.00 bits per heavy atom. The first-order valence-corrected chi connectivity index (χ1v) is 5.47. The molecule has 0 aliphatic heterocycles. The summed E-state index contributed by atoms with van der Waals surface area (Å²) in [5, 5.41) is 0. The van der Waals surface area contributed by atoms with Gasteiger partial charge in [-0.15, -0.1) is 0 Å². The molecule has 1 heteroatoms. The summed E-state index contributed by atoms with van der Waals surface area (Å²) in [5.74, 6) is 0.872. The Morgan fingerprint density at radius 2 is 1.47 bits per heavy atom. The highest BCUT2D eigenvalue weighted by molar-refractivity contribution is 5.33. The van der Waals surface area contributed by atoms with Crippen molar-refractivity contribution < 1.29 is 4.74 Å². The summed E-state index contributed by atoms with van der Waals surface area (Å²) < 4.78 is 5.67. The molecule has 2 unspecified atom stereocenters. The van der Waals surface area contributed by atoms with Crippen molar-refractivity contribution in [3.8, 4) is 0 Å². The van der Waals surface area contributed by atoms with Gasteiger partial charge in [0.05, 0.1) is 6.10 Å². The highest BCUT2D eigenvalue weighted by Crippen LogP contribution is 2.34. The minimum absolute atomic E-state index is 0.245. The van der Waals surface area contributed by atoms with Crippen molar-refractivity contribution in [2.75, 3.05) is 7.11 Å². The van der Waals surface area contributed by atoms with E-state index in [1.807, 2.05) is 7.11 Å². The summed E-state index contributed by atoms with van der Waals surface area (Å²) in [6.07, 6.45) is 13.3. The molecule has 0 spiro atoms. The van der Waals surface area contributed by atoms with Gasteiger partial charge in [0.1, 0.15) is 0 Å². The molecular weight excluding hydrogens is 184 g/mol. The van der Waals surface area contributed by atoms with Crippen molar-refractivity contribution in [1.82, 2.24) is 0 Å². The Labute approximate surface area is 91.8 Å². The topological polar surface area (TPSA) is 9.23 Å². The molecule has 2 aliphatic carbocycles. The second kappa shape index (κ2) is 4.19. The van der Waals surface area contributed by atoms with E-state index in [-0.39, 0.29) is 6.10 Å². The normalized spacial score (nSPS) is 30.6. The zero-order valence-electron chi connectivity index (χ0n) is 9.60. The SMILES string of the molecule is COC(C1C=CC=C1C)C1C=CC=C1C. The quantitative estimate of drug-likeness (QED) is 0.682. The van der Waals surface area contributed by atoms with Crippen LogP contribution in [0.3, 0.4) is 0 Å². The number of allylic oxidation sites excluding steroid dienone is 4. The van der Waals surface area contributed by atoms with Crippen molar-refractivity contribution in [1.29, 1.82) is 0 Å². The average Bonchev–Trinajstić information content (AvgIpc) is 2.80. The Morgan fingerprint density at radius 3 is 1.73 bits per heavy atom. The van der Waals surface area contributed by atoms with Gasteiger partial charge in [0.25, 0.3) is 0 Å². The first kappa shape index (κ1) is 10.4. The van der Waals surface area contributed by atoms with Crippen LogP contribution in [0.25, 0.3) is 0 Å². The van der Waals surface area contributed by atoms with Crippen LogP contribution in [0.4, 0.5) is 0 Å². The fourth-order valence-corrected chi connectivity index (χ4v) is 2.43. The van der Waals surface area contributed by atoms with Crippen LogP contribution in [0.15, 0.2) is 47.6 Å². The Hall–Kier alpha value is -1.08. The molecule has 1 nitrogen and oxygen atoms in total. The summed E-state index contributed by atoms with van der Waals surface area (Å²) in [6.45, 7) is 4.35. The largest absolute Gasteiger partial charge is 0.380 e. The Balaban J connectivity index is 2.18. The molecule has 0 N–H and O–H groups in total. The minimum Gasteiger partial charge on any atom is -0.380 e. The summed E-state index contributed by atoms with van der Waals surface area (Å²) in [6, 6.07) is 0. The van der Waals surface area contributed by atoms with Crippen molar-refractivity contribution in [3.05, 3.63) is 47.6 Å². The molecule has 0 saturated heterocycles.